The second kappa shape index (κ2) is 9.80. The minimum absolute atomic E-state index is 0.0832. The number of rotatable bonds is 6. The van der Waals surface area contributed by atoms with Gasteiger partial charge in [-0.15, -0.1) is 0 Å². The van der Waals surface area contributed by atoms with Gasteiger partial charge in [0.25, 0.3) is 11.8 Å². The Kier molecular flexibility index (Phi) is 6.29. The fraction of sp³-hybridized carbons (Fsp3) is 0.448. The van der Waals surface area contributed by atoms with E-state index in [4.69, 9.17) is 4.74 Å². The number of amides is 4. The molecule has 10 heteroatoms. The zero-order valence-electron chi connectivity index (χ0n) is 21.5. The Morgan fingerprint density at radius 3 is 2.77 bits per heavy atom. The molecule has 10 nitrogen and oxygen atoms in total. The summed E-state index contributed by atoms with van der Waals surface area (Å²) in [6, 6.07) is 10.3. The molecule has 0 spiro atoms. The summed E-state index contributed by atoms with van der Waals surface area (Å²) in [5.74, 6) is -0.464. The van der Waals surface area contributed by atoms with Gasteiger partial charge in [0.1, 0.15) is 18.4 Å². The standard InChI is InChI=1S/C29H29N5O5/c30-17-29(9-10-29)24-14-18(8-11-31-24)27(37)33-12-2-1-3-20(33)16-39-21-4-5-22-19(13-21)15-34(28(22)38)23-6-7-25(35)32-26(23)36/h4-5,8,11,13-14,20,23H,1-3,6-7,9-10,12,15-16H2,(H,32,35,36)/t20-,23?/m0/s1. The van der Waals surface area contributed by atoms with E-state index in [1.165, 1.54) is 4.90 Å². The molecular weight excluding hydrogens is 498 g/mol. The van der Waals surface area contributed by atoms with E-state index in [1.54, 1.807) is 30.5 Å². The number of hydrogen-bond acceptors (Lipinski definition) is 7. The van der Waals surface area contributed by atoms with Crippen molar-refractivity contribution in [2.75, 3.05) is 13.2 Å². The van der Waals surface area contributed by atoms with Gasteiger partial charge in [-0.2, -0.15) is 5.26 Å². The summed E-state index contributed by atoms with van der Waals surface area (Å²) in [5, 5.41) is 11.8. The number of hydrogen-bond donors (Lipinski definition) is 1. The van der Waals surface area contributed by atoms with Gasteiger partial charge in [-0.25, -0.2) is 0 Å². The first kappa shape index (κ1) is 25.0. The largest absolute Gasteiger partial charge is 0.491 e. The number of aromatic nitrogens is 1. The third kappa shape index (κ3) is 4.62. The monoisotopic (exact) mass is 527 g/mol. The summed E-state index contributed by atoms with van der Waals surface area (Å²) in [7, 11) is 0. The number of pyridine rings is 1. The van der Waals surface area contributed by atoms with Crippen LogP contribution < -0.4 is 10.1 Å². The lowest BCUT2D eigenvalue weighted by molar-refractivity contribution is -0.136. The second-order valence-electron chi connectivity index (χ2n) is 10.8. The van der Waals surface area contributed by atoms with Crippen molar-refractivity contribution in [2.45, 2.75) is 69.0 Å². The Labute approximate surface area is 225 Å². The van der Waals surface area contributed by atoms with Crippen LogP contribution in [-0.4, -0.2) is 63.6 Å². The molecule has 1 N–H and O–H groups in total. The van der Waals surface area contributed by atoms with Crippen molar-refractivity contribution in [1.29, 1.82) is 5.26 Å². The highest BCUT2D eigenvalue weighted by Gasteiger charge is 2.46. The molecule has 2 saturated heterocycles. The maximum absolute atomic E-state index is 13.5. The SMILES string of the molecule is N#CC1(c2cc(C(=O)N3CCCC[C@H]3COc3ccc4c(c3)CN(C3CCC(=O)NC3=O)C4=O)ccn2)CC1. The van der Waals surface area contributed by atoms with Crippen LogP contribution in [0.5, 0.6) is 5.75 Å². The van der Waals surface area contributed by atoms with Gasteiger partial charge in [-0.3, -0.25) is 29.5 Å². The topological polar surface area (TPSA) is 133 Å². The van der Waals surface area contributed by atoms with E-state index in [1.807, 2.05) is 11.0 Å². The van der Waals surface area contributed by atoms with Crippen LogP contribution in [-0.2, 0) is 21.5 Å². The van der Waals surface area contributed by atoms with Gasteiger partial charge < -0.3 is 14.5 Å². The van der Waals surface area contributed by atoms with E-state index in [0.717, 1.165) is 37.7 Å². The normalized spacial score (nSPS) is 23.6. The van der Waals surface area contributed by atoms with Crippen LogP contribution in [0.15, 0.2) is 36.5 Å². The van der Waals surface area contributed by atoms with Crippen LogP contribution in [0, 0.1) is 11.3 Å². The molecule has 4 heterocycles. The third-order valence-electron chi connectivity index (χ3n) is 8.29. The van der Waals surface area contributed by atoms with Crippen molar-refractivity contribution in [1.82, 2.24) is 20.1 Å². The van der Waals surface area contributed by atoms with Gasteiger partial charge >= 0.3 is 0 Å². The van der Waals surface area contributed by atoms with Crippen molar-refractivity contribution in [2.24, 2.45) is 0 Å². The molecule has 1 saturated carbocycles. The maximum Gasteiger partial charge on any atom is 0.255 e. The van der Waals surface area contributed by atoms with Gasteiger partial charge in [0.05, 0.1) is 23.2 Å². The summed E-state index contributed by atoms with van der Waals surface area (Å²) in [5.41, 5.74) is 1.96. The highest BCUT2D eigenvalue weighted by atomic mass is 16.5. The predicted molar refractivity (Wildman–Crippen MR) is 137 cm³/mol. The van der Waals surface area contributed by atoms with E-state index in [9.17, 15) is 24.4 Å². The molecule has 4 amide bonds. The van der Waals surface area contributed by atoms with Gasteiger partial charge in [0.15, 0.2) is 0 Å². The molecule has 39 heavy (non-hydrogen) atoms. The number of carbonyl (C=O) groups is 4. The Hall–Kier alpha value is -4.26. The highest BCUT2D eigenvalue weighted by molar-refractivity contribution is 6.05. The number of nitrogens with zero attached hydrogens (tertiary/aromatic N) is 4. The van der Waals surface area contributed by atoms with Gasteiger partial charge in [-0.1, -0.05) is 0 Å². The van der Waals surface area contributed by atoms with Crippen molar-refractivity contribution in [3.8, 4) is 11.8 Å². The average Bonchev–Trinajstić information content (AvgIpc) is 3.70. The number of imide groups is 1. The molecule has 1 unspecified atom stereocenters. The van der Waals surface area contributed by atoms with E-state index in [-0.39, 0.29) is 36.7 Å². The minimum atomic E-state index is -0.662. The number of benzene rings is 1. The van der Waals surface area contributed by atoms with Crippen LogP contribution in [0.1, 0.15) is 76.9 Å². The number of nitrogens with one attached hydrogen (secondary N) is 1. The average molecular weight is 528 g/mol. The predicted octanol–water partition coefficient (Wildman–Crippen LogP) is 2.47. The maximum atomic E-state index is 13.5. The lowest BCUT2D eigenvalue weighted by Gasteiger charge is -2.35. The fourth-order valence-electron chi connectivity index (χ4n) is 5.82. The molecule has 1 aromatic heterocycles. The van der Waals surface area contributed by atoms with Gasteiger partial charge in [0, 0.05) is 36.8 Å². The molecule has 1 aromatic carbocycles. The van der Waals surface area contributed by atoms with Crippen molar-refractivity contribution >= 4 is 23.6 Å². The van der Waals surface area contributed by atoms with Gasteiger partial charge in [-0.05, 0) is 74.4 Å². The van der Waals surface area contributed by atoms with E-state index < -0.39 is 17.4 Å². The summed E-state index contributed by atoms with van der Waals surface area (Å²) in [4.78, 5) is 58.0. The molecule has 3 aliphatic heterocycles. The van der Waals surface area contributed by atoms with Crippen LogP contribution in [0.25, 0.3) is 0 Å². The Morgan fingerprint density at radius 1 is 1.15 bits per heavy atom. The molecule has 2 atom stereocenters. The molecular formula is C29H29N5O5. The molecule has 0 radical (unpaired) electrons. The minimum Gasteiger partial charge on any atom is -0.491 e. The Bertz CT molecular complexity index is 1410. The lowest BCUT2D eigenvalue weighted by atomic mass is 9.99. The molecule has 200 valence electrons. The van der Waals surface area contributed by atoms with Crippen LogP contribution in [0.4, 0.5) is 0 Å². The van der Waals surface area contributed by atoms with E-state index in [2.05, 4.69) is 16.4 Å². The number of likely N-dealkylation sites (tertiary alicyclic amines) is 1. The first-order valence-electron chi connectivity index (χ1n) is 13.5. The molecule has 4 aliphatic rings. The quantitative estimate of drug-likeness (QED) is 0.571. The highest BCUT2D eigenvalue weighted by Crippen LogP contribution is 2.46. The van der Waals surface area contributed by atoms with Crippen molar-refractivity contribution in [3.63, 3.8) is 0 Å². The zero-order chi connectivity index (χ0) is 27.1. The Balaban J connectivity index is 1.13. The molecule has 1 aliphatic carbocycles. The van der Waals surface area contributed by atoms with Crippen LogP contribution >= 0.6 is 0 Å². The Morgan fingerprint density at radius 2 is 2.00 bits per heavy atom. The summed E-state index contributed by atoms with van der Waals surface area (Å²) in [6.45, 7) is 1.23. The lowest BCUT2D eigenvalue weighted by Crippen LogP contribution is -2.52. The fourth-order valence-corrected chi connectivity index (χ4v) is 5.82. The van der Waals surface area contributed by atoms with E-state index >= 15 is 0 Å². The number of carbonyl (C=O) groups excluding carboxylic acids is 4. The van der Waals surface area contributed by atoms with Crippen LogP contribution in [0.2, 0.25) is 0 Å². The summed E-state index contributed by atoms with van der Waals surface area (Å²) >= 11 is 0. The summed E-state index contributed by atoms with van der Waals surface area (Å²) < 4.78 is 6.14. The number of ether oxygens (including phenoxy) is 1. The molecule has 3 fully saturated rings. The van der Waals surface area contributed by atoms with Crippen molar-refractivity contribution in [3.05, 3.63) is 58.9 Å². The van der Waals surface area contributed by atoms with Crippen LogP contribution in [0.3, 0.4) is 0 Å². The van der Waals surface area contributed by atoms with Gasteiger partial charge in [0.2, 0.25) is 11.8 Å². The second-order valence-corrected chi connectivity index (χ2v) is 10.8. The number of piperidine rings is 2. The van der Waals surface area contributed by atoms with Crippen molar-refractivity contribution < 1.29 is 23.9 Å². The summed E-state index contributed by atoms with van der Waals surface area (Å²) in [6.07, 6.45) is 6.41. The molecule has 2 aromatic rings. The molecule has 6 rings (SSSR count). The number of fused-ring (bicyclic) bond motifs is 1. The first-order valence-corrected chi connectivity index (χ1v) is 13.5. The smallest absolute Gasteiger partial charge is 0.255 e. The number of nitriles is 1. The first-order chi connectivity index (χ1) is 18.9. The third-order valence-corrected chi connectivity index (χ3v) is 8.29. The zero-order valence-corrected chi connectivity index (χ0v) is 21.5. The van der Waals surface area contributed by atoms with E-state index in [0.29, 0.717) is 42.1 Å². The molecule has 0 bridgehead atoms.